The zero-order chi connectivity index (χ0) is 11.6. The van der Waals surface area contributed by atoms with Crippen LogP contribution in [0.15, 0.2) is 48.8 Å². The Hall–Kier alpha value is -1.26. The molecule has 93 valence electrons. The summed E-state index contributed by atoms with van der Waals surface area (Å²) in [4.78, 5) is 7.94. The van der Waals surface area contributed by atoms with Gasteiger partial charge in [0.1, 0.15) is 0 Å². The first-order chi connectivity index (χ1) is 7.86. The van der Waals surface area contributed by atoms with E-state index in [9.17, 15) is 0 Å². The molecule has 17 heavy (non-hydrogen) atoms. The molecule has 4 N–H and O–H groups in total. The summed E-state index contributed by atoms with van der Waals surface area (Å²) >= 11 is 0. The molecule has 0 aromatic carbocycles. The van der Waals surface area contributed by atoms with Gasteiger partial charge in [0.25, 0.3) is 0 Å². The predicted molar refractivity (Wildman–Crippen MR) is 64.3 cm³/mol. The minimum atomic E-state index is 0. The molecule has 0 unspecified atom stereocenters. The minimum absolute atomic E-state index is 0. The number of rotatable bonds is 2. The largest absolute Gasteiger partial charge is 2.00 e. The topological polar surface area (TPSA) is 77.8 Å². The molecule has 0 aliphatic carbocycles. The third kappa shape index (κ3) is 6.81. The van der Waals surface area contributed by atoms with Gasteiger partial charge in [0, 0.05) is 25.5 Å². The van der Waals surface area contributed by atoms with Crippen molar-refractivity contribution < 1.29 is 17.1 Å². The van der Waals surface area contributed by atoms with Crippen molar-refractivity contribution >= 4 is 0 Å². The van der Waals surface area contributed by atoms with Crippen molar-refractivity contribution in [3.8, 4) is 0 Å². The molecule has 4 nitrogen and oxygen atoms in total. The first-order valence-electron chi connectivity index (χ1n) is 5.06. The zero-order valence-electron chi connectivity index (χ0n) is 9.38. The summed E-state index contributed by atoms with van der Waals surface area (Å²) in [7, 11) is 0. The van der Waals surface area contributed by atoms with Gasteiger partial charge < -0.3 is 11.5 Å². The van der Waals surface area contributed by atoms with E-state index in [-0.39, 0.29) is 17.1 Å². The molecule has 2 aromatic rings. The predicted octanol–water partition coefficient (Wildman–Crippen LogP) is 1.08. The molecule has 5 heteroatoms. The van der Waals surface area contributed by atoms with Crippen molar-refractivity contribution in [3.05, 3.63) is 60.2 Å². The second-order valence-electron chi connectivity index (χ2n) is 3.05. The van der Waals surface area contributed by atoms with E-state index >= 15 is 0 Å². The van der Waals surface area contributed by atoms with Gasteiger partial charge in [0.15, 0.2) is 0 Å². The van der Waals surface area contributed by atoms with Gasteiger partial charge in [-0.2, -0.15) is 0 Å². The van der Waals surface area contributed by atoms with E-state index < -0.39 is 0 Å². The van der Waals surface area contributed by atoms with Crippen LogP contribution in [0, 0.1) is 0 Å². The van der Waals surface area contributed by atoms with Gasteiger partial charge in [0.2, 0.25) is 0 Å². The third-order valence-electron chi connectivity index (χ3n) is 1.87. The second kappa shape index (κ2) is 9.93. The van der Waals surface area contributed by atoms with Gasteiger partial charge in [0.05, 0.1) is 11.4 Å². The Kier molecular flexibility index (Phi) is 9.19. The Morgan fingerprint density at radius 1 is 0.765 bits per heavy atom. The molecule has 1 radical (unpaired) electrons. The number of pyridine rings is 2. The standard InChI is InChI=1S/2C6H8N2.Cu/c2*7-5-6-3-1-2-4-8-6;/h2*1-4H,5,7H2;/q;;+2. The van der Waals surface area contributed by atoms with Crippen molar-refractivity contribution in [1.82, 2.24) is 9.97 Å². The summed E-state index contributed by atoms with van der Waals surface area (Å²) in [5.41, 5.74) is 12.4. The Balaban J connectivity index is 0.000000284. The van der Waals surface area contributed by atoms with Crippen molar-refractivity contribution in [1.29, 1.82) is 0 Å². The number of hydrogen-bond acceptors (Lipinski definition) is 4. The molecule has 2 rings (SSSR count). The van der Waals surface area contributed by atoms with Crippen molar-refractivity contribution in [3.63, 3.8) is 0 Å². The Morgan fingerprint density at radius 3 is 1.35 bits per heavy atom. The van der Waals surface area contributed by atoms with E-state index in [1.165, 1.54) is 0 Å². The molecule has 0 bridgehead atoms. The van der Waals surface area contributed by atoms with Crippen LogP contribution < -0.4 is 11.5 Å². The summed E-state index contributed by atoms with van der Waals surface area (Å²) < 4.78 is 0. The van der Waals surface area contributed by atoms with Crippen molar-refractivity contribution in [2.24, 2.45) is 11.5 Å². The molecule has 0 atom stereocenters. The van der Waals surface area contributed by atoms with Gasteiger partial charge in [-0.1, -0.05) is 12.1 Å². The molecule has 0 aliphatic rings. The van der Waals surface area contributed by atoms with Gasteiger partial charge in [-0.3, -0.25) is 9.97 Å². The van der Waals surface area contributed by atoms with E-state index in [4.69, 9.17) is 11.5 Å². The Morgan fingerprint density at radius 2 is 1.18 bits per heavy atom. The van der Waals surface area contributed by atoms with E-state index in [1.54, 1.807) is 12.4 Å². The summed E-state index contributed by atoms with van der Waals surface area (Å²) in [6.45, 7) is 1.06. The van der Waals surface area contributed by atoms with Crippen LogP contribution in [0.5, 0.6) is 0 Å². The molecule has 0 saturated carbocycles. The number of nitrogens with two attached hydrogens (primary N) is 2. The maximum Gasteiger partial charge on any atom is 2.00 e. The summed E-state index contributed by atoms with van der Waals surface area (Å²) in [5, 5.41) is 0. The molecule has 0 saturated heterocycles. The van der Waals surface area contributed by atoms with E-state index in [0.29, 0.717) is 13.1 Å². The van der Waals surface area contributed by atoms with Crippen molar-refractivity contribution in [2.75, 3.05) is 0 Å². The molecule has 0 fully saturated rings. The van der Waals surface area contributed by atoms with Crippen LogP contribution in [0.1, 0.15) is 11.4 Å². The second-order valence-corrected chi connectivity index (χ2v) is 3.05. The SMILES string of the molecule is NCc1ccccn1.NCc1ccccn1.[Cu+2]. The summed E-state index contributed by atoms with van der Waals surface area (Å²) in [6.07, 6.45) is 3.48. The van der Waals surface area contributed by atoms with Crippen LogP contribution in [0.3, 0.4) is 0 Å². The Bertz CT molecular complexity index is 341. The molecular weight excluding hydrogens is 264 g/mol. The Labute approximate surface area is 112 Å². The van der Waals surface area contributed by atoms with Crippen LogP contribution in [0.2, 0.25) is 0 Å². The van der Waals surface area contributed by atoms with Crippen LogP contribution in [0.4, 0.5) is 0 Å². The molecular formula is C12H16CuN4+2. The number of nitrogens with zero attached hydrogens (tertiary/aromatic N) is 2. The minimum Gasteiger partial charge on any atom is -0.325 e. The monoisotopic (exact) mass is 279 g/mol. The third-order valence-corrected chi connectivity index (χ3v) is 1.87. The zero-order valence-corrected chi connectivity index (χ0v) is 10.3. The maximum absolute atomic E-state index is 5.29. The number of aromatic nitrogens is 2. The average Bonchev–Trinajstić information content (AvgIpc) is 2.41. The molecule has 2 aromatic heterocycles. The maximum atomic E-state index is 5.29. The smallest absolute Gasteiger partial charge is 0.325 e. The van der Waals surface area contributed by atoms with Gasteiger partial charge in [-0.15, -0.1) is 0 Å². The van der Waals surface area contributed by atoms with Gasteiger partial charge in [-0.25, -0.2) is 0 Å². The van der Waals surface area contributed by atoms with Crippen LogP contribution in [-0.4, -0.2) is 9.97 Å². The van der Waals surface area contributed by atoms with E-state index in [2.05, 4.69) is 9.97 Å². The molecule has 0 aliphatic heterocycles. The average molecular weight is 280 g/mol. The molecule has 0 amide bonds. The first-order valence-corrected chi connectivity index (χ1v) is 5.06. The quantitative estimate of drug-likeness (QED) is 0.807. The fourth-order valence-corrected chi connectivity index (χ4v) is 1.04. The molecule has 2 heterocycles. The van der Waals surface area contributed by atoms with Crippen molar-refractivity contribution in [2.45, 2.75) is 13.1 Å². The van der Waals surface area contributed by atoms with Gasteiger partial charge in [-0.05, 0) is 24.3 Å². The molecule has 0 spiro atoms. The van der Waals surface area contributed by atoms with E-state index in [0.717, 1.165) is 11.4 Å². The van der Waals surface area contributed by atoms with Crippen LogP contribution in [-0.2, 0) is 30.2 Å². The van der Waals surface area contributed by atoms with Gasteiger partial charge >= 0.3 is 17.1 Å². The van der Waals surface area contributed by atoms with Crippen LogP contribution >= 0.6 is 0 Å². The first kappa shape index (κ1) is 15.7. The summed E-state index contributed by atoms with van der Waals surface area (Å²) in [6, 6.07) is 11.4. The normalized spacial score (nSPS) is 8.59. The fourth-order valence-electron chi connectivity index (χ4n) is 1.04. The number of hydrogen-bond donors (Lipinski definition) is 2. The fraction of sp³-hybridized carbons (Fsp3) is 0.167. The van der Waals surface area contributed by atoms with E-state index in [1.807, 2.05) is 36.4 Å². The summed E-state index contributed by atoms with van der Waals surface area (Å²) in [5.74, 6) is 0. The van der Waals surface area contributed by atoms with Crippen LogP contribution in [0.25, 0.3) is 0 Å².